The second kappa shape index (κ2) is 6.44. The van der Waals surface area contributed by atoms with E-state index in [9.17, 15) is 0 Å². The van der Waals surface area contributed by atoms with Gasteiger partial charge in [0, 0.05) is 0 Å². The highest BCUT2D eigenvalue weighted by Crippen LogP contribution is 2.35. The van der Waals surface area contributed by atoms with E-state index >= 15 is 0 Å². The van der Waals surface area contributed by atoms with Gasteiger partial charge in [0.05, 0.1) is 11.6 Å². The molecule has 102 valence electrons. The Balaban J connectivity index is 3.17. The van der Waals surface area contributed by atoms with Gasteiger partial charge >= 0.3 is 0 Å². The molecule has 0 aliphatic carbocycles. The molecule has 0 spiro atoms. The van der Waals surface area contributed by atoms with Gasteiger partial charge in [0.15, 0.2) is 0 Å². The zero-order chi connectivity index (χ0) is 13.8. The molecule has 18 heavy (non-hydrogen) atoms. The van der Waals surface area contributed by atoms with Gasteiger partial charge in [-0.1, -0.05) is 45.4 Å². The van der Waals surface area contributed by atoms with Crippen LogP contribution in [0.25, 0.3) is 0 Å². The largest absolute Gasteiger partial charge is 0.492 e. The molecule has 0 aliphatic heterocycles. The van der Waals surface area contributed by atoms with Crippen molar-refractivity contribution < 1.29 is 4.74 Å². The van der Waals surface area contributed by atoms with Crippen LogP contribution in [0.15, 0.2) is 12.1 Å². The summed E-state index contributed by atoms with van der Waals surface area (Å²) in [7, 11) is 0. The van der Waals surface area contributed by atoms with Gasteiger partial charge in [-0.2, -0.15) is 0 Å². The molecule has 0 radical (unpaired) electrons. The minimum Gasteiger partial charge on any atom is -0.492 e. The third-order valence-electron chi connectivity index (χ3n) is 2.85. The summed E-state index contributed by atoms with van der Waals surface area (Å²) in [6.07, 6.45) is 1.77. The van der Waals surface area contributed by atoms with Gasteiger partial charge in [0.2, 0.25) is 0 Å². The highest BCUT2D eigenvalue weighted by molar-refractivity contribution is 6.32. The predicted octanol–water partition coefficient (Wildman–Crippen LogP) is 3.93. The third-order valence-corrected chi connectivity index (χ3v) is 3.13. The molecule has 2 N–H and O–H groups in total. The topological polar surface area (TPSA) is 35.2 Å². The molecule has 0 saturated carbocycles. The summed E-state index contributed by atoms with van der Waals surface area (Å²) < 4.78 is 5.75. The number of hydrogen-bond donors (Lipinski definition) is 1. The molecule has 1 rings (SSSR count). The Labute approximate surface area is 115 Å². The molecule has 0 atom stereocenters. The van der Waals surface area contributed by atoms with Crippen molar-refractivity contribution in [3.05, 3.63) is 28.3 Å². The van der Waals surface area contributed by atoms with Crippen LogP contribution in [0.3, 0.4) is 0 Å². The molecule has 3 heteroatoms. The van der Waals surface area contributed by atoms with Crippen molar-refractivity contribution in [1.29, 1.82) is 0 Å². The standard InChI is InChI=1S/C15H24ClNO/c1-5-8-18-14-11(6-7-17)9-12(10-13(14)16)15(2,3)4/h9-10H,5-8,17H2,1-4H3. The van der Waals surface area contributed by atoms with Crippen LogP contribution in [0.1, 0.15) is 45.2 Å². The molecule has 1 aromatic carbocycles. The molecular formula is C15H24ClNO. The van der Waals surface area contributed by atoms with Crippen molar-refractivity contribution >= 4 is 11.6 Å². The van der Waals surface area contributed by atoms with Crippen LogP contribution < -0.4 is 10.5 Å². The lowest BCUT2D eigenvalue weighted by Crippen LogP contribution is -2.14. The monoisotopic (exact) mass is 269 g/mol. The van der Waals surface area contributed by atoms with E-state index in [0.29, 0.717) is 18.2 Å². The van der Waals surface area contributed by atoms with Gasteiger partial charge in [-0.15, -0.1) is 0 Å². The predicted molar refractivity (Wildman–Crippen MR) is 78.7 cm³/mol. The van der Waals surface area contributed by atoms with Gasteiger partial charge in [-0.3, -0.25) is 0 Å². The Morgan fingerprint density at radius 2 is 1.94 bits per heavy atom. The fraction of sp³-hybridized carbons (Fsp3) is 0.600. The molecule has 0 aromatic heterocycles. The number of nitrogens with two attached hydrogens (primary N) is 1. The van der Waals surface area contributed by atoms with E-state index in [1.165, 1.54) is 5.56 Å². The first-order valence-electron chi connectivity index (χ1n) is 6.56. The maximum Gasteiger partial charge on any atom is 0.141 e. The highest BCUT2D eigenvalue weighted by atomic mass is 35.5. The van der Waals surface area contributed by atoms with Crippen molar-refractivity contribution in [1.82, 2.24) is 0 Å². The number of hydrogen-bond acceptors (Lipinski definition) is 2. The molecular weight excluding hydrogens is 246 g/mol. The smallest absolute Gasteiger partial charge is 0.141 e. The van der Waals surface area contributed by atoms with E-state index in [0.717, 1.165) is 24.2 Å². The average molecular weight is 270 g/mol. The lowest BCUT2D eigenvalue weighted by molar-refractivity contribution is 0.314. The SMILES string of the molecule is CCCOc1c(Cl)cc(C(C)(C)C)cc1CCN. The maximum absolute atomic E-state index is 6.35. The third kappa shape index (κ3) is 3.89. The summed E-state index contributed by atoms with van der Waals surface area (Å²) in [5.41, 5.74) is 8.08. The minimum atomic E-state index is 0.0796. The first kappa shape index (κ1) is 15.3. The molecule has 0 fully saturated rings. The summed E-state index contributed by atoms with van der Waals surface area (Å²) in [5, 5.41) is 0.694. The van der Waals surface area contributed by atoms with E-state index < -0.39 is 0 Å². The van der Waals surface area contributed by atoms with Gasteiger partial charge in [0.1, 0.15) is 5.75 Å². The summed E-state index contributed by atoms with van der Waals surface area (Å²) in [5.74, 6) is 0.803. The molecule has 0 heterocycles. The fourth-order valence-corrected chi connectivity index (χ4v) is 2.08. The molecule has 0 bridgehead atoms. The molecule has 1 aromatic rings. The normalized spacial score (nSPS) is 11.7. The van der Waals surface area contributed by atoms with Crippen molar-refractivity contribution in [2.24, 2.45) is 5.73 Å². The van der Waals surface area contributed by atoms with E-state index in [1.807, 2.05) is 6.07 Å². The van der Waals surface area contributed by atoms with Crippen LogP contribution in [-0.2, 0) is 11.8 Å². The van der Waals surface area contributed by atoms with Crippen LogP contribution in [-0.4, -0.2) is 13.2 Å². The van der Waals surface area contributed by atoms with Gasteiger partial charge in [0.25, 0.3) is 0 Å². The number of benzene rings is 1. The van der Waals surface area contributed by atoms with Gasteiger partial charge in [-0.25, -0.2) is 0 Å². The second-order valence-electron chi connectivity index (χ2n) is 5.58. The number of halogens is 1. The van der Waals surface area contributed by atoms with Gasteiger partial charge in [-0.05, 0) is 42.0 Å². The lowest BCUT2D eigenvalue weighted by atomic mass is 9.85. The fourth-order valence-electron chi connectivity index (χ4n) is 1.79. The van der Waals surface area contributed by atoms with Crippen LogP contribution >= 0.6 is 11.6 Å². The van der Waals surface area contributed by atoms with Crippen LogP contribution in [0, 0.1) is 0 Å². The Kier molecular flexibility index (Phi) is 5.48. The molecule has 0 unspecified atom stereocenters. The van der Waals surface area contributed by atoms with Gasteiger partial charge < -0.3 is 10.5 Å². The van der Waals surface area contributed by atoms with Crippen LogP contribution in [0.2, 0.25) is 5.02 Å². The van der Waals surface area contributed by atoms with E-state index in [-0.39, 0.29) is 5.41 Å². The first-order valence-corrected chi connectivity index (χ1v) is 6.93. The first-order chi connectivity index (χ1) is 8.40. The molecule has 0 amide bonds. The maximum atomic E-state index is 6.35. The minimum absolute atomic E-state index is 0.0796. The Bertz CT molecular complexity index is 396. The average Bonchev–Trinajstić information content (AvgIpc) is 2.27. The second-order valence-corrected chi connectivity index (χ2v) is 5.99. The van der Waals surface area contributed by atoms with Crippen LogP contribution in [0.5, 0.6) is 5.75 Å². The van der Waals surface area contributed by atoms with E-state index in [1.54, 1.807) is 0 Å². The van der Waals surface area contributed by atoms with Crippen LogP contribution in [0.4, 0.5) is 0 Å². The van der Waals surface area contributed by atoms with Crippen molar-refractivity contribution in [3.63, 3.8) is 0 Å². The Morgan fingerprint density at radius 1 is 1.28 bits per heavy atom. The summed E-state index contributed by atoms with van der Waals surface area (Å²) in [4.78, 5) is 0. The van der Waals surface area contributed by atoms with Crippen molar-refractivity contribution in [2.45, 2.75) is 46.0 Å². The zero-order valence-electron chi connectivity index (χ0n) is 11.8. The van der Waals surface area contributed by atoms with E-state index in [4.69, 9.17) is 22.1 Å². The zero-order valence-corrected chi connectivity index (χ0v) is 12.6. The summed E-state index contributed by atoms with van der Waals surface area (Å²) in [6.45, 7) is 9.91. The lowest BCUT2D eigenvalue weighted by Gasteiger charge is -2.22. The van der Waals surface area contributed by atoms with Crippen molar-refractivity contribution in [3.8, 4) is 5.75 Å². The highest BCUT2D eigenvalue weighted by Gasteiger charge is 2.18. The Morgan fingerprint density at radius 3 is 2.44 bits per heavy atom. The summed E-state index contributed by atoms with van der Waals surface area (Å²) >= 11 is 6.35. The molecule has 0 saturated heterocycles. The quantitative estimate of drug-likeness (QED) is 0.879. The molecule has 2 nitrogen and oxygen atoms in total. The summed E-state index contributed by atoms with van der Waals surface area (Å²) in [6, 6.07) is 4.18. The van der Waals surface area contributed by atoms with Crippen molar-refractivity contribution in [2.75, 3.05) is 13.2 Å². The van der Waals surface area contributed by atoms with E-state index in [2.05, 4.69) is 33.8 Å². The number of rotatable bonds is 5. The Hall–Kier alpha value is -0.730. The number of ether oxygens (including phenoxy) is 1. The molecule has 0 aliphatic rings.